The van der Waals surface area contributed by atoms with Crippen molar-refractivity contribution in [3.05, 3.63) is 308 Å². The lowest BCUT2D eigenvalue weighted by Gasteiger charge is -2.46. The van der Waals surface area contributed by atoms with Gasteiger partial charge in [0.1, 0.15) is 0 Å². The highest BCUT2D eigenvalue weighted by Crippen LogP contribution is 2.53. The molecule has 0 saturated heterocycles. The Kier molecular flexibility index (Phi) is 13.7. The fraction of sp³-hybridized carbons (Fsp3) is 0.0952. The van der Waals surface area contributed by atoms with Gasteiger partial charge in [-0.1, -0.05) is 257 Å². The van der Waals surface area contributed by atoms with Crippen LogP contribution in [0.2, 0.25) is 0 Å². The highest BCUT2D eigenvalue weighted by molar-refractivity contribution is 7.00. The highest BCUT2D eigenvalue weighted by atomic mass is 15.2. The predicted octanol–water partition coefficient (Wildman–Crippen LogP) is 21.1. The topological polar surface area (TPSA) is 11.4 Å². The van der Waals surface area contributed by atoms with E-state index < -0.39 is 0 Å². The third kappa shape index (κ3) is 9.30. The summed E-state index contributed by atoms with van der Waals surface area (Å²) in [6, 6.07) is 105. The Morgan fingerprint density at radius 2 is 0.886 bits per heavy atom. The lowest BCUT2D eigenvalue weighted by atomic mass is 9.33. The van der Waals surface area contributed by atoms with Crippen molar-refractivity contribution in [2.45, 2.75) is 51.9 Å². The van der Waals surface area contributed by atoms with E-state index in [4.69, 9.17) is 0 Å². The van der Waals surface area contributed by atoms with Gasteiger partial charge in [-0.25, -0.2) is 0 Å². The fourth-order valence-electron chi connectivity index (χ4n) is 14.5. The lowest BCUT2D eigenvalue weighted by molar-refractivity contribution is 0.667. The van der Waals surface area contributed by atoms with Gasteiger partial charge in [0.15, 0.2) is 0 Å². The van der Waals surface area contributed by atoms with Crippen LogP contribution in [0.4, 0.5) is 34.1 Å². The van der Waals surface area contributed by atoms with Gasteiger partial charge in [-0.3, -0.25) is 0 Å². The van der Waals surface area contributed by atoms with Crippen molar-refractivity contribution >= 4 is 84.6 Å². The molecule has 16 rings (SSSR count). The molecule has 12 aromatic carbocycles. The van der Waals surface area contributed by atoms with Crippen LogP contribution in [0.15, 0.2) is 297 Å². The number of hydrogen-bond donors (Lipinski definition) is 0. The first kappa shape index (κ1) is 53.1. The highest BCUT2D eigenvalue weighted by Gasteiger charge is 2.45. The quantitative estimate of drug-likeness (QED) is 0.0794. The molecular formula is C84H66BN3. The van der Waals surface area contributed by atoms with Gasteiger partial charge in [0.2, 0.25) is 0 Å². The molecular weight excluding hydrogens is 1060 g/mol. The Balaban J connectivity index is 1.05. The Hall–Kier alpha value is -10.4. The number of unbranched alkanes of at least 4 members (excludes halogenated alkanes) is 3. The summed E-state index contributed by atoms with van der Waals surface area (Å²) in [4.78, 5) is 5.40. The molecule has 88 heavy (non-hydrogen) atoms. The molecule has 3 aliphatic rings. The molecule has 13 aromatic rings. The van der Waals surface area contributed by atoms with Crippen LogP contribution in [0.25, 0.3) is 88.7 Å². The average molecular weight is 1130 g/mol. The van der Waals surface area contributed by atoms with Crippen LogP contribution in [-0.4, -0.2) is 11.3 Å². The van der Waals surface area contributed by atoms with Gasteiger partial charge in [0.25, 0.3) is 6.71 Å². The standard InChI is InChI=1S/C84H66BN3/c1-2-3-4-11-28-58-51-81-83-82(52-58)88(84-72(63-37-20-9-21-38-63)54-67(61-33-16-7-17-34-61)55-73(84)64-39-22-10-23-40-64)79-50-46-66(60-31-14-6-15-32-60)56-75(79)85(83)74-48-47-68(86-76-43-26-24-41-69(76)70-42-25-27-44-77(70)86)57-80(74)87(81)78-49-45-65(59-29-12-5-13-30-59)53-71(78)62-35-18-8-19-36-62/h5-7,9-10,12-18,20-27,29-57H,2-4,8,11,19,28H2,1H3. The van der Waals surface area contributed by atoms with Gasteiger partial charge in [-0.2, -0.15) is 0 Å². The number of para-hydroxylation sites is 2. The van der Waals surface area contributed by atoms with E-state index in [9.17, 15) is 0 Å². The SMILES string of the molecule is CCCCCCc1cc2c3c(c1)N(c1c(-c4ccccc4)cc(-c4ccccc4)cc1-c1ccccc1)c1ccc(-c4ccccc4)cc1B3c1ccc(-n3c4ccccc4c4ccccc43)cc1N2c1ccc(-c2ccccc2)cc1C1=CCCC=C1. The first-order valence-electron chi connectivity index (χ1n) is 31.6. The largest absolute Gasteiger partial charge is 0.311 e. The van der Waals surface area contributed by atoms with E-state index in [-0.39, 0.29) is 6.71 Å². The summed E-state index contributed by atoms with van der Waals surface area (Å²) >= 11 is 0. The Morgan fingerprint density at radius 1 is 0.364 bits per heavy atom. The van der Waals surface area contributed by atoms with E-state index in [0.29, 0.717) is 0 Å². The van der Waals surface area contributed by atoms with Gasteiger partial charge < -0.3 is 14.4 Å². The number of fused-ring (bicyclic) bond motifs is 7. The summed E-state index contributed by atoms with van der Waals surface area (Å²) in [6.07, 6.45) is 14.9. The maximum Gasteiger partial charge on any atom is 0.252 e. The van der Waals surface area contributed by atoms with Crippen molar-refractivity contribution in [2.24, 2.45) is 0 Å². The van der Waals surface area contributed by atoms with Crippen LogP contribution in [-0.2, 0) is 6.42 Å². The van der Waals surface area contributed by atoms with Crippen LogP contribution in [0.3, 0.4) is 0 Å². The van der Waals surface area contributed by atoms with Crippen molar-refractivity contribution in [2.75, 3.05) is 9.80 Å². The first-order valence-corrected chi connectivity index (χ1v) is 31.6. The number of nitrogens with zero attached hydrogens (tertiary/aromatic N) is 3. The molecule has 0 atom stereocenters. The molecule has 1 aromatic heterocycles. The van der Waals surface area contributed by atoms with Crippen LogP contribution in [0, 0.1) is 0 Å². The summed E-state index contributed by atoms with van der Waals surface area (Å²) in [5.74, 6) is 0. The minimum Gasteiger partial charge on any atom is -0.311 e. The second-order valence-corrected chi connectivity index (χ2v) is 24.0. The van der Waals surface area contributed by atoms with Crippen LogP contribution in [0.5, 0.6) is 0 Å². The summed E-state index contributed by atoms with van der Waals surface area (Å²) in [5, 5.41) is 2.50. The van der Waals surface area contributed by atoms with Crippen molar-refractivity contribution in [3.63, 3.8) is 0 Å². The molecule has 0 spiro atoms. The average Bonchev–Trinajstić information content (AvgIpc) is 0.797. The second-order valence-electron chi connectivity index (χ2n) is 24.0. The number of rotatable bonds is 14. The van der Waals surface area contributed by atoms with E-state index in [2.05, 4.69) is 319 Å². The Bertz CT molecular complexity index is 4720. The minimum absolute atomic E-state index is 0.141. The molecule has 0 saturated carbocycles. The van der Waals surface area contributed by atoms with E-state index in [1.54, 1.807) is 0 Å². The molecule has 2 aliphatic heterocycles. The maximum atomic E-state index is 2.70. The molecule has 1 aliphatic carbocycles. The van der Waals surface area contributed by atoms with Crippen molar-refractivity contribution < 1.29 is 0 Å². The smallest absolute Gasteiger partial charge is 0.252 e. The molecule has 4 heteroatoms. The Morgan fingerprint density at radius 3 is 1.47 bits per heavy atom. The Labute approximate surface area is 517 Å². The van der Waals surface area contributed by atoms with Crippen molar-refractivity contribution in [1.29, 1.82) is 0 Å². The molecule has 0 fully saturated rings. The van der Waals surface area contributed by atoms with E-state index in [1.165, 1.54) is 164 Å². The van der Waals surface area contributed by atoms with Crippen LogP contribution in [0.1, 0.15) is 56.6 Å². The monoisotopic (exact) mass is 1130 g/mol. The third-order valence-electron chi connectivity index (χ3n) is 18.6. The van der Waals surface area contributed by atoms with Gasteiger partial charge in [-0.15, -0.1) is 0 Å². The number of aryl methyl sites for hydroxylation is 1. The zero-order valence-electron chi connectivity index (χ0n) is 49.7. The summed E-state index contributed by atoms with van der Waals surface area (Å²) in [6.45, 7) is 2.18. The number of allylic oxidation sites excluding steroid dienone is 4. The zero-order valence-corrected chi connectivity index (χ0v) is 49.7. The normalized spacial score (nSPS) is 13.1. The van der Waals surface area contributed by atoms with Gasteiger partial charge in [-0.05, 0) is 164 Å². The van der Waals surface area contributed by atoms with Crippen LogP contribution >= 0.6 is 0 Å². The molecule has 3 nitrogen and oxygen atoms in total. The first-order chi connectivity index (χ1) is 43.6. The number of aromatic nitrogens is 1. The molecule has 0 amide bonds. The molecule has 0 bridgehead atoms. The van der Waals surface area contributed by atoms with E-state index in [1.807, 2.05) is 0 Å². The number of anilines is 6. The van der Waals surface area contributed by atoms with Crippen LogP contribution < -0.4 is 26.2 Å². The van der Waals surface area contributed by atoms with Gasteiger partial charge >= 0.3 is 0 Å². The minimum atomic E-state index is -0.141. The summed E-state index contributed by atoms with van der Waals surface area (Å²) < 4.78 is 2.50. The van der Waals surface area contributed by atoms with Crippen molar-refractivity contribution in [1.82, 2.24) is 4.57 Å². The predicted molar refractivity (Wildman–Crippen MR) is 376 cm³/mol. The summed E-state index contributed by atoms with van der Waals surface area (Å²) in [7, 11) is 0. The van der Waals surface area contributed by atoms with E-state index in [0.717, 1.165) is 31.4 Å². The van der Waals surface area contributed by atoms with E-state index >= 15 is 0 Å². The van der Waals surface area contributed by atoms with Crippen molar-refractivity contribution in [3.8, 4) is 61.3 Å². The third-order valence-corrected chi connectivity index (χ3v) is 18.6. The summed E-state index contributed by atoms with van der Waals surface area (Å²) in [5.41, 5.74) is 30.2. The second kappa shape index (κ2) is 22.8. The number of hydrogen-bond acceptors (Lipinski definition) is 2. The lowest BCUT2D eigenvalue weighted by Crippen LogP contribution is -2.61. The molecule has 420 valence electrons. The molecule has 0 unspecified atom stereocenters. The zero-order chi connectivity index (χ0) is 58.5. The molecule has 0 radical (unpaired) electrons. The van der Waals surface area contributed by atoms with Gasteiger partial charge in [0, 0.05) is 55.9 Å². The van der Waals surface area contributed by atoms with Gasteiger partial charge in [0.05, 0.1) is 22.4 Å². The number of benzene rings is 12. The molecule has 0 N–H and O–H groups in total. The molecule has 3 heterocycles. The maximum absolute atomic E-state index is 2.70. The fourth-order valence-corrected chi connectivity index (χ4v) is 14.5.